The van der Waals surface area contributed by atoms with E-state index >= 15 is 0 Å². The highest BCUT2D eigenvalue weighted by molar-refractivity contribution is 5.85. The van der Waals surface area contributed by atoms with Crippen LogP contribution in [0.2, 0.25) is 0 Å². The van der Waals surface area contributed by atoms with Crippen LogP contribution in [-0.4, -0.2) is 38.0 Å². The van der Waals surface area contributed by atoms with Crippen LogP contribution in [0.5, 0.6) is 0 Å². The van der Waals surface area contributed by atoms with Gasteiger partial charge in [0.1, 0.15) is 11.9 Å². The number of hydrogen-bond donors (Lipinski definition) is 0. The molecule has 5 heteroatoms. The Bertz CT molecular complexity index is 691. The smallest absolute Gasteiger partial charge is 0.184 e. The number of fused-ring (bicyclic) bond motifs is 1. The number of carbonyl (C=O) groups is 1. The monoisotopic (exact) mass is 358 g/mol. The van der Waals surface area contributed by atoms with Crippen molar-refractivity contribution < 1.29 is 23.7 Å². The van der Waals surface area contributed by atoms with Crippen LogP contribution in [0.3, 0.4) is 0 Å². The molecule has 0 bridgehead atoms. The molecule has 0 unspecified atom stereocenters. The van der Waals surface area contributed by atoms with Gasteiger partial charge in [0.15, 0.2) is 12.6 Å². The van der Waals surface area contributed by atoms with Gasteiger partial charge < -0.3 is 18.9 Å². The van der Waals surface area contributed by atoms with Crippen molar-refractivity contribution in [1.82, 2.24) is 0 Å². The summed E-state index contributed by atoms with van der Waals surface area (Å²) < 4.78 is 24.4. The van der Waals surface area contributed by atoms with E-state index in [1.807, 2.05) is 30.3 Å². The molecule has 4 aliphatic rings. The number of ether oxygens (including phenoxy) is 4. The molecule has 0 N–H and O–H groups in total. The largest absolute Gasteiger partial charge is 0.356 e. The van der Waals surface area contributed by atoms with E-state index in [1.54, 1.807) is 7.11 Å². The number of benzene rings is 1. The fourth-order valence-corrected chi connectivity index (χ4v) is 6.13. The highest BCUT2D eigenvalue weighted by Crippen LogP contribution is 2.65. The van der Waals surface area contributed by atoms with Crippen molar-refractivity contribution in [3.05, 3.63) is 35.9 Å². The lowest BCUT2D eigenvalue weighted by Gasteiger charge is -2.54. The molecule has 2 aliphatic carbocycles. The molecule has 0 radical (unpaired) electrons. The van der Waals surface area contributed by atoms with Crippen LogP contribution in [0.4, 0.5) is 0 Å². The zero-order chi connectivity index (χ0) is 17.9. The van der Waals surface area contributed by atoms with Crippen LogP contribution < -0.4 is 0 Å². The summed E-state index contributed by atoms with van der Waals surface area (Å²) >= 11 is 0. The number of rotatable bonds is 2. The van der Waals surface area contributed by atoms with E-state index in [-0.39, 0.29) is 35.7 Å². The maximum absolute atomic E-state index is 12.7. The minimum absolute atomic E-state index is 0.0953. The zero-order valence-electron chi connectivity index (χ0n) is 15.3. The van der Waals surface area contributed by atoms with Crippen LogP contribution in [-0.2, 0) is 23.7 Å². The second-order valence-electron chi connectivity index (χ2n) is 8.25. The topological polar surface area (TPSA) is 54.0 Å². The molecule has 5 nitrogen and oxygen atoms in total. The molecule has 2 heterocycles. The molecule has 2 saturated carbocycles. The first kappa shape index (κ1) is 16.9. The fourth-order valence-electron chi connectivity index (χ4n) is 6.13. The molecule has 0 amide bonds. The van der Waals surface area contributed by atoms with Gasteiger partial charge in [0.2, 0.25) is 0 Å². The molecular formula is C21H26O5. The van der Waals surface area contributed by atoms with Crippen LogP contribution in [0, 0.1) is 23.2 Å². The van der Waals surface area contributed by atoms with Crippen molar-refractivity contribution in [3.63, 3.8) is 0 Å². The summed E-state index contributed by atoms with van der Waals surface area (Å²) in [6.07, 6.45) is 1.67. The van der Waals surface area contributed by atoms with Gasteiger partial charge in [-0.2, -0.15) is 0 Å². The molecule has 2 saturated heterocycles. The lowest BCUT2D eigenvalue weighted by atomic mass is 9.65. The molecule has 1 aromatic carbocycles. The summed E-state index contributed by atoms with van der Waals surface area (Å²) in [5.74, 6) is 1.02. The molecule has 140 valence electrons. The summed E-state index contributed by atoms with van der Waals surface area (Å²) in [6, 6.07) is 10.0. The van der Waals surface area contributed by atoms with E-state index in [0.29, 0.717) is 24.7 Å². The maximum atomic E-state index is 12.7. The van der Waals surface area contributed by atoms with Crippen LogP contribution in [0.1, 0.15) is 38.0 Å². The average Bonchev–Trinajstić information content (AvgIpc) is 3.17. The van der Waals surface area contributed by atoms with Gasteiger partial charge in [-0.25, -0.2) is 0 Å². The summed E-state index contributed by atoms with van der Waals surface area (Å²) in [4.78, 5) is 12.7. The van der Waals surface area contributed by atoms with Crippen LogP contribution in [0.25, 0.3) is 0 Å². The normalized spacial score (nSPS) is 47.3. The van der Waals surface area contributed by atoms with E-state index < -0.39 is 6.29 Å². The molecule has 26 heavy (non-hydrogen) atoms. The van der Waals surface area contributed by atoms with Crippen molar-refractivity contribution in [2.45, 2.75) is 51.0 Å². The van der Waals surface area contributed by atoms with Crippen molar-refractivity contribution in [3.8, 4) is 0 Å². The Hall–Kier alpha value is -1.27. The molecule has 2 aliphatic heterocycles. The van der Waals surface area contributed by atoms with E-state index in [4.69, 9.17) is 18.9 Å². The van der Waals surface area contributed by atoms with E-state index in [0.717, 1.165) is 18.4 Å². The van der Waals surface area contributed by atoms with Gasteiger partial charge in [0.25, 0.3) is 0 Å². The third-order valence-electron chi connectivity index (χ3n) is 7.25. The van der Waals surface area contributed by atoms with Crippen LogP contribution in [0.15, 0.2) is 30.3 Å². The summed E-state index contributed by atoms with van der Waals surface area (Å²) in [5.41, 5.74) is 0.830. The van der Waals surface area contributed by atoms with Crippen molar-refractivity contribution in [2.24, 2.45) is 23.2 Å². The highest BCUT2D eigenvalue weighted by Gasteiger charge is 2.69. The van der Waals surface area contributed by atoms with Gasteiger partial charge in [0.05, 0.1) is 12.7 Å². The predicted octanol–water partition coefficient (Wildman–Crippen LogP) is 3.09. The second-order valence-corrected chi connectivity index (χ2v) is 8.25. The Labute approximate surface area is 153 Å². The summed E-state index contributed by atoms with van der Waals surface area (Å²) in [5, 5.41) is 0. The fraction of sp³-hybridized carbons (Fsp3) is 0.667. The maximum Gasteiger partial charge on any atom is 0.184 e. The second kappa shape index (κ2) is 6.13. The lowest BCUT2D eigenvalue weighted by molar-refractivity contribution is -0.362. The molecule has 0 aromatic heterocycles. The standard InChI is InChI=1S/C21H26O5/c1-12-14-8-9-15-20(23-2)25-17-11-24-19(13-6-4-3-5-7-13)26-18(17)21(14,15)10-16(12)22/h3-7,12,14-15,17-20H,8-11H2,1-2H3/t12-,14-,15-,17+,18+,19+,20-,21-/m0/s1. The Kier molecular flexibility index (Phi) is 3.98. The number of hydrogen-bond acceptors (Lipinski definition) is 5. The summed E-state index contributed by atoms with van der Waals surface area (Å²) in [7, 11) is 1.70. The van der Waals surface area contributed by atoms with Gasteiger partial charge in [-0.1, -0.05) is 37.3 Å². The van der Waals surface area contributed by atoms with Crippen molar-refractivity contribution in [1.29, 1.82) is 0 Å². The molecule has 5 rings (SSSR count). The number of ketones is 1. The van der Waals surface area contributed by atoms with E-state index in [1.165, 1.54) is 0 Å². The third kappa shape index (κ3) is 2.21. The molecule has 8 atom stereocenters. The van der Waals surface area contributed by atoms with Gasteiger partial charge in [0, 0.05) is 36.3 Å². The first-order chi connectivity index (χ1) is 12.6. The van der Waals surface area contributed by atoms with Gasteiger partial charge in [-0.3, -0.25) is 4.79 Å². The number of Topliss-reactive ketones (excluding diaryl/α,β-unsaturated/α-hetero) is 1. The first-order valence-corrected chi connectivity index (χ1v) is 9.68. The van der Waals surface area contributed by atoms with Gasteiger partial charge >= 0.3 is 0 Å². The Morgan fingerprint density at radius 3 is 2.65 bits per heavy atom. The van der Waals surface area contributed by atoms with Gasteiger partial charge in [-0.05, 0) is 18.8 Å². The minimum Gasteiger partial charge on any atom is -0.356 e. The van der Waals surface area contributed by atoms with E-state index in [2.05, 4.69) is 6.92 Å². The Morgan fingerprint density at radius 2 is 1.88 bits per heavy atom. The van der Waals surface area contributed by atoms with Crippen molar-refractivity contribution in [2.75, 3.05) is 13.7 Å². The SMILES string of the molecule is CO[C@H]1O[C@@H]2CO[C@@H](c3ccccc3)O[C@H]2[C@@]23CC(=O)[C@@H](C)[C@@H]2CC[C@@H]13. The van der Waals surface area contributed by atoms with Crippen LogP contribution >= 0.6 is 0 Å². The molecule has 1 spiro atoms. The summed E-state index contributed by atoms with van der Waals surface area (Å²) in [6.45, 7) is 2.55. The van der Waals surface area contributed by atoms with Crippen molar-refractivity contribution >= 4 is 5.78 Å². The quantitative estimate of drug-likeness (QED) is 0.813. The molecule has 1 aromatic rings. The zero-order valence-corrected chi connectivity index (χ0v) is 15.3. The first-order valence-electron chi connectivity index (χ1n) is 9.68. The van der Waals surface area contributed by atoms with E-state index in [9.17, 15) is 4.79 Å². The number of methoxy groups -OCH3 is 1. The average molecular weight is 358 g/mol. The third-order valence-corrected chi connectivity index (χ3v) is 7.25. The Morgan fingerprint density at radius 1 is 1.12 bits per heavy atom. The number of carbonyl (C=O) groups excluding carboxylic acids is 1. The molecule has 4 fully saturated rings. The highest BCUT2D eigenvalue weighted by atomic mass is 16.7. The van der Waals surface area contributed by atoms with Gasteiger partial charge in [-0.15, -0.1) is 0 Å². The molecular weight excluding hydrogens is 332 g/mol. The lowest BCUT2D eigenvalue weighted by Crippen LogP contribution is -2.62. The minimum atomic E-state index is -0.401. The predicted molar refractivity (Wildman–Crippen MR) is 93.1 cm³/mol. The Balaban J connectivity index is 1.53.